The molecule has 1 atom stereocenters. The summed E-state index contributed by atoms with van der Waals surface area (Å²) in [6.45, 7) is 4.66. The smallest absolute Gasteiger partial charge is 0.389 e. The van der Waals surface area contributed by atoms with Crippen LogP contribution in [0, 0.1) is 12.3 Å². The standard InChI is InChI=1S/C23H25ClF3N5O2/c1-13-11-16-19(30-14(2)31-21(16)18(28)7-8-29-9-10-34-3)12-32(13)22(33)15-5-4-6-17(20(15)24)23(25,26)27/h4-8,13,28-29H,9-12H2,1-3H3/b8-7-,28-18?. The van der Waals surface area contributed by atoms with E-state index >= 15 is 0 Å². The molecule has 0 aliphatic carbocycles. The molecule has 0 saturated carbocycles. The predicted molar refractivity (Wildman–Crippen MR) is 122 cm³/mol. The Morgan fingerprint density at radius 2 is 2.12 bits per heavy atom. The minimum atomic E-state index is -4.67. The Hall–Kier alpha value is -2.98. The van der Waals surface area contributed by atoms with E-state index < -0.39 is 22.7 Å². The molecule has 3 rings (SSSR count). The molecule has 0 saturated heterocycles. The summed E-state index contributed by atoms with van der Waals surface area (Å²) in [6, 6.07) is 2.94. The fourth-order valence-electron chi connectivity index (χ4n) is 3.75. The van der Waals surface area contributed by atoms with Crippen molar-refractivity contribution in [3.8, 4) is 0 Å². The topological polar surface area (TPSA) is 91.2 Å². The highest BCUT2D eigenvalue weighted by Gasteiger charge is 2.37. The number of nitrogens with one attached hydrogen (secondary N) is 2. The van der Waals surface area contributed by atoms with Crippen LogP contribution < -0.4 is 5.32 Å². The Morgan fingerprint density at radius 1 is 1.38 bits per heavy atom. The SMILES string of the molecule is COCCN/C=C\C(=N)c1nc(C)nc2c1CC(C)N(C(=O)c1cccc(C(F)(F)F)c1Cl)C2. The van der Waals surface area contributed by atoms with Gasteiger partial charge in [-0.2, -0.15) is 13.2 Å². The zero-order valence-corrected chi connectivity index (χ0v) is 19.7. The van der Waals surface area contributed by atoms with E-state index in [0.717, 1.165) is 11.6 Å². The number of fused-ring (bicyclic) bond motifs is 1. The summed E-state index contributed by atoms with van der Waals surface area (Å²) in [5.74, 6) is -0.178. The maximum Gasteiger partial charge on any atom is 0.417 e. The summed E-state index contributed by atoms with van der Waals surface area (Å²) in [7, 11) is 1.60. The third kappa shape index (κ3) is 5.56. The van der Waals surface area contributed by atoms with Crippen molar-refractivity contribution in [3.63, 3.8) is 0 Å². The molecule has 0 fully saturated rings. The molecule has 1 amide bonds. The molecule has 2 heterocycles. The van der Waals surface area contributed by atoms with E-state index in [9.17, 15) is 18.0 Å². The van der Waals surface area contributed by atoms with Gasteiger partial charge in [-0.05, 0) is 44.7 Å². The largest absolute Gasteiger partial charge is 0.417 e. The van der Waals surface area contributed by atoms with Crippen molar-refractivity contribution < 1.29 is 22.7 Å². The van der Waals surface area contributed by atoms with Gasteiger partial charge in [0.1, 0.15) is 5.82 Å². The number of benzene rings is 1. The number of allylic oxidation sites excluding steroid dienone is 1. The summed E-state index contributed by atoms with van der Waals surface area (Å²) >= 11 is 5.99. The molecule has 0 bridgehead atoms. The van der Waals surface area contributed by atoms with Crippen LogP contribution in [0.1, 0.15) is 45.6 Å². The van der Waals surface area contributed by atoms with Gasteiger partial charge in [0.05, 0.1) is 46.4 Å². The summed E-state index contributed by atoms with van der Waals surface area (Å²) in [5.41, 5.74) is 0.676. The third-order valence-electron chi connectivity index (χ3n) is 5.43. The van der Waals surface area contributed by atoms with E-state index in [-0.39, 0.29) is 23.9 Å². The van der Waals surface area contributed by atoms with Crippen molar-refractivity contribution in [1.29, 1.82) is 5.41 Å². The highest BCUT2D eigenvalue weighted by Crippen LogP contribution is 2.37. The van der Waals surface area contributed by atoms with Gasteiger partial charge in [-0.25, -0.2) is 9.97 Å². The van der Waals surface area contributed by atoms with Crippen LogP contribution in [-0.4, -0.2) is 52.8 Å². The maximum atomic E-state index is 13.3. The fraction of sp³-hybridized carbons (Fsp3) is 0.391. The third-order valence-corrected chi connectivity index (χ3v) is 5.83. The first kappa shape index (κ1) is 25.6. The normalized spacial score (nSPS) is 16.0. The van der Waals surface area contributed by atoms with E-state index in [0.29, 0.717) is 36.8 Å². The Bertz CT molecular complexity index is 1120. The highest BCUT2D eigenvalue weighted by atomic mass is 35.5. The van der Waals surface area contributed by atoms with Crippen molar-refractivity contribution in [3.05, 3.63) is 69.4 Å². The Kier molecular flexibility index (Phi) is 7.93. The summed E-state index contributed by atoms with van der Waals surface area (Å²) in [6.07, 6.45) is -1.09. The van der Waals surface area contributed by atoms with Crippen LogP contribution in [0.25, 0.3) is 0 Å². The lowest BCUT2D eigenvalue weighted by molar-refractivity contribution is -0.137. The van der Waals surface area contributed by atoms with Crippen LogP contribution in [-0.2, 0) is 23.9 Å². The van der Waals surface area contributed by atoms with E-state index in [1.807, 2.05) is 0 Å². The molecule has 1 aromatic heterocycles. The maximum absolute atomic E-state index is 13.3. The quantitative estimate of drug-likeness (QED) is 0.444. The van der Waals surface area contributed by atoms with Crippen molar-refractivity contribution >= 4 is 23.2 Å². The van der Waals surface area contributed by atoms with Crippen molar-refractivity contribution in [1.82, 2.24) is 20.2 Å². The Morgan fingerprint density at radius 3 is 2.79 bits per heavy atom. The second-order valence-electron chi connectivity index (χ2n) is 7.89. The van der Waals surface area contributed by atoms with Gasteiger partial charge in [-0.15, -0.1) is 0 Å². The number of carbonyl (C=O) groups is 1. The zero-order valence-electron chi connectivity index (χ0n) is 19.0. The molecule has 1 aromatic carbocycles. The number of amides is 1. The lowest BCUT2D eigenvalue weighted by Gasteiger charge is -2.35. The van der Waals surface area contributed by atoms with E-state index in [2.05, 4.69) is 15.3 Å². The summed E-state index contributed by atoms with van der Waals surface area (Å²) in [4.78, 5) is 23.5. The summed E-state index contributed by atoms with van der Waals surface area (Å²) in [5, 5.41) is 10.8. The highest BCUT2D eigenvalue weighted by molar-refractivity contribution is 6.34. The van der Waals surface area contributed by atoms with Crippen LogP contribution >= 0.6 is 11.6 Å². The first-order valence-corrected chi connectivity index (χ1v) is 10.9. The predicted octanol–water partition coefficient (Wildman–Crippen LogP) is 4.16. The number of aromatic nitrogens is 2. The molecule has 0 spiro atoms. The number of nitrogens with zero attached hydrogens (tertiary/aromatic N) is 3. The molecule has 11 heteroatoms. The molecule has 0 radical (unpaired) electrons. The van der Waals surface area contributed by atoms with Gasteiger partial charge >= 0.3 is 6.18 Å². The molecule has 1 aliphatic rings. The minimum Gasteiger partial charge on any atom is -0.389 e. The monoisotopic (exact) mass is 495 g/mol. The first-order chi connectivity index (χ1) is 16.0. The van der Waals surface area contributed by atoms with Crippen molar-refractivity contribution in [2.24, 2.45) is 0 Å². The van der Waals surface area contributed by atoms with E-state index in [1.54, 1.807) is 33.2 Å². The number of methoxy groups -OCH3 is 1. The average Bonchev–Trinajstić information content (AvgIpc) is 2.77. The number of carbonyl (C=O) groups excluding carboxylic acids is 1. The second-order valence-corrected chi connectivity index (χ2v) is 8.27. The van der Waals surface area contributed by atoms with Gasteiger partial charge in [-0.3, -0.25) is 10.2 Å². The van der Waals surface area contributed by atoms with Crippen LogP contribution in [0.2, 0.25) is 5.02 Å². The molecular weight excluding hydrogens is 471 g/mol. The molecule has 1 unspecified atom stereocenters. The number of halogens is 4. The van der Waals surface area contributed by atoms with E-state index in [1.165, 1.54) is 17.0 Å². The van der Waals surface area contributed by atoms with E-state index in [4.69, 9.17) is 21.7 Å². The Balaban J connectivity index is 1.89. The van der Waals surface area contributed by atoms with Crippen LogP contribution in [0.5, 0.6) is 0 Å². The number of ether oxygens (including phenoxy) is 1. The van der Waals surface area contributed by atoms with Gasteiger partial charge < -0.3 is 15.0 Å². The molecular formula is C23H25ClF3N5O2. The van der Waals surface area contributed by atoms with Crippen molar-refractivity contribution in [2.75, 3.05) is 20.3 Å². The average molecular weight is 496 g/mol. The zero-order chi connectivity index (χ0) is 25.0. The number of aryl methyl sites for hydroxylation is 1. The molecule has 1 aliphatic heterocycles. The van der Waals surface area contributed by atoms with Gasteiger partial charge in [-0.1, -0.05) is 17.7 Å². The van der Waals surface area contributed by atoms with Gasteiger partial charge in [0.2, 0.25) is 0 Å². The van der Waals surface area contributed by atoms with Crippen LogP contribution in [0.15, 0.2) is 30.5 Å². The number of hydrogen-bond acceptors (Lipinski definition) is 6. The second kappa shape index (κ2) is 10.5. The Labute approximate surface area is 200 Å². The van der Waals surface area contributed by atoms with Gasteiger partial charge in [0, 0.05) is 25.3 Å². The van der Waals surface area contributed by atoms with Crippen LogP contribution in [0.3, 0.4) is 0 Å². The lowest BCUT2D eigenvalue weighted by Crippen LogP contribution is -2.44. The number of hydrogen-bond donors (Lipinski definition) is 2. The first-order valence-electron chi connectivity index (χ1n) is 10.6. The number of alkyl halides is 3. The molecule has 2 aromatic rings. The molecule has 2 N–H and O–H groups in total. The number of rotatable bonds is 7. The van der Waals surface area contributed by atoms with Crippen LogP contribution in [0.4, 0.5) is 13.2 Å². The minimum absolute atomic E-state index is 0.0708. The lowest BCUT2D eigenvalue weighted by atomic mass is 9.94. The fourth-order valence-corrected chi connectivity index (χ4v) is 4.07. The van der Waals surface area contributed by atoms with Gasteiger partial charge in [0.15, 0.2) is 0 Å². The van der Waals surface area contributed by atoms with Crippen molar-refractivity contribution in [2.45, 2.75) is 39.0 Å². The molecule has 182 valence electrons. The van der Waals surface area contributed by atoms with Gasteiger partial charge in [0.25, 0.3) is 5.91 Å². The molecule has 7 nitrogen and oxygen atoms in total. The molecule has 34 heavy (non-hydrogen) atoms. The summed E-state index contributed by atoms with van der Waals surface area (Å²) < 4.78 is 44.7.